The van der Waals surface area contributed by atoms with Crippen LogP contribution in [0.3, 0.4) is 0 Å². The van der Waals surface area contributed by atoms with E-state index in [-0.39, 0.29) is 17.6 Å². The zero-order valence-corrected chi connectivity index (χ0v) is 10.2. The molecule has 0 N–H and O–H groups in total. The fourth-order valence-corrected chi connectivity index (χ4v) is 2.19. The van der Waals surface area contributed by atoms with Gasteiger partial charge in [0.1, 0.15) is 17.8 Å². The Morgan fingerprint density at radius 2 is 2.35 bits per heavy atom. The predicted molar refractivity (Wildman–Crippen MR) is 62.8 cm³/mol. The van der Waals surface area contributed by atoms with Crippen LogP contribution in [0.15, 0.2) is 16.7 Å². The predicted octanol–water partition coefficient (Wildman–Crippen LogP) is 2.03. The second-order valence-electron chi connectivity index (χ2n) is 4.52. The molecule has 1 atom stereocenters. The number of aryl methyl sites for hydroxylation is 1. The molecule has 1 aromatic rings. The molecule has 4 nitrogen and oxygen atoms in total. The molecule has 0 bridgehead atoms. The van der Waals surface area contributed by atoms with E-state index in [0.29, 0.717) is 25.1 Å². The Bertz CT molecular complexity index is 436. The minimum absolute atomic E-state index is 0.000646. The maximum absolute atomic E-state index is 12.1. The van der Waals surface area contributed by atoms with Crippen molar-refractivity contribution in [1.29, 1.82) is 0 Å². The van der Waals surface area contributed by atoms with Crippen molar-refractivity contribution < 1.29 is 14.0 Å². The molecule has 1 unspecified atom stereocenters. The van der Waals surface area contributed by atoms with Crippen LogP contribution < -0.4 is 0 Å². The number of carbonyl (C=O) groups excluding carboxylic acids is 2. The molecule has 1 aliphatic heterocycles. The molecule has 1 amide bonds. The van der Waals surface area contributed by atoms with Gasteiger partial charge in [-0.1, -0.05) is 6.92 Å². The molecular weight excluding hydrogens is 218 g/mol. The summed E-state index contributed by atoms with van der Waals surface area (Å²) in [5, 5.41) is 0. The zero-order chi connectivity index (χ0) is 12.4. The van der Waals surface area contributed by atoms with Crippen molar-refractivity contribution in [2.75, 3.05) is 13.1 Å². The molecule has 0 radical (unpaired) electrons. The van der Waals surface area contributed by atoms with Gasteiger partial charge in [-0.25, -0.2) is 0 Å². The number of Topliss-reactive ketones (excluding diaryl/α,β-unsaturated/α-hetero) is 1. The lowest BCUT2D eigenvalue weighted by molar-refractivity contribution is -0.125. The van der Waals surface area contributed by atoms with Crippen molar-refractivity contribution in [3.05, 3.63) is 23.7 Å². The zero-order valence-electron chi connectivity index (χ0n) is 10.2. The van der Waals surface area contributed by atoms with Crippen LogP contribution in [0.2, 0.25) is 0 Å². The molecule has 2 rings (SSSR count). The molecule has 0 spiro atoms. The maximum Gasteiger partial charge on any atom is 0.257 e. The number of likely N-dealkylation sites (tertiary alicyclic amines) is 1. The van der Waals surface area contributed by atoms with E-state index in [1.54, 1.807) is 11.0 Å². The molecule has 1 saturated heterocycles. The lowest BCUT2D eigenvalue weighted by atomic mass is 9.94. The minimum atomic E-state index is -0.0344. The Morgan fingerprint density at radius 1 is 1.59 bits per heavy atom. The number of piperidine rings is 1. The maximum atomic E-state index is 12.1. The number of amides is 1. The third-order valence-corrected chi connectivity index (χ3v) is 3.28. The van der Waals surface area contributed by atoms with Crippen molar-refractivity contribution in [2.24, 2.45) is 5.92 Å². The summed E-state index contributed by atoms with van der Waals surface area (Å²) < 4.78 is 5.14. The Morgan fingerprint density at radius 3 is 2.94 bits per heavy atom. The van der Waals surface area contributed by atoms with Crippen LogP contribution >= 0.6 is 0 Å². The molecule has 1 fully saturated rings. The van der Waals surface area contributed by atoms with Crippen molar-refractivity contribution in [2.45, 2.75) is 26.7 Å². The molecule has 0 aromatic carbocycles. The van der Waals surface area contributed by atoms with E-state index in [4.69, 9.17) is 4.42 Å². The number of ketones is 1. The van der Waals surface area contributed by atoms with Gasteiger partial charge in [0.25, 0.3) is 5.91 Å². The van der Waals surface area contributed by atoms with E-state index >= 15 is 0 Å². The van der Waals surface area contributed by atoms with Crippen molar-refractivity contribution in [3.8, 4) is 0 Å². The first-order valence-electron chi connectivity index (χ1n) is 5.99. The Kier molecular flexibility index (Phi) is 3.31. The molecule has 4 heteroatoms. The number of furan rings is 1. The average Bonchev–Trinajstić information content (AvgIpc) is 2.75. The van der Waals surface area contributed by atoms with E-state index in [1.165, 1.54) is 6.26 Å². The highest BCUT2D eigenvalue weighted by atomic mass is 16.3. The topological polar surface area (TPSA) is 50.5 Å². The van der Waals surface area contributed by atoms with Crippen LogP contribution in [0, 0.1) is 12.8 Å². The first kappa shape index (κ1) is 11.9. The summed E-state index contributed by atoms with van der Waals surface area (Å²) in [5.41, 5.74) is 0.576. The van der Waals surface area contributed by atoms with Gasteiger partial charge in [-0.15, -0.1) is 0 Å². The summed E-state index contributed by atoms with van der Waals surface area (Å²) in [6, 6.07) is 1.74. The van der Waals surface area contributed by atoms with Crippen molar-refractivity contribution >= 4 is 11.7 Å². The molecule has 0 aliphatic carbocycles. The van der Waals surface area contributed by atoms with Gasteiger partial charge >= 0.3 is 0 Å². The number of hydrogen-bond donors (Lipinski definition) is 0. The van der Waals surface area contributed by atoms with Gasteiger partial charge in [-0.05, 0) is 19.4 Å². The lowest BCUT2D eigenvalue weighted by Gasteiger charge is -2.31. The van der Waals surface area contributed by atoms with Gasteiger partial charge in [0.05, 0.1) is 5.56 Å². The van der Waals surface area contributed by atoms with Gasteiger partial charge in [-0.3, -0.25) is 9.59 Å². The smallest absolute Gasteiger partial charge is 0.257 e. The number of nitrogens with zero attached hydrogens (tertiary/aromatic N) is 1. The normalized spacial score (nSPS) is 20.7. The number of carbonyl (C=O) groups is 2. The SMILES string of the molecule is CCC1CN(C(=O)c2coc(C)c2)CCC1=O. The van der Waals surface area contributed by atoms with Gasteiger partial charge in [-0.2, -0.15) is 0 Å². The number of hydrogen-bond acceptors (Lipinski definition) is 3. The molecule has 1 aliphatic rings. The fourth-order valence-electron chi connectivity index (χ4n) is 2.19. The van der Waals surface area contributed by atoms with Crippen LogP contribution in [-0.4, -0.2) is 29.7 Å². The van der Waals surface area contributed by atoms with E-state index in [1.807, 2.05) is 13.8 Å². The fraction of sp³-hybridized carbons (Fsp3) is 0.538. The average molecular weight is 235 g/mol. The summed E-state index contributed by atoms with van der Waals surface area (Å²) in [4.78, 5) is 25.5. The second kappa shape index (κ2) is 4.73. The summed E-state index contributed by atoms with van der Waals surface area (Å²) in [5.74, 6) is 0.974. The molecule has 17 heavy (non-hydrogen) atoms. The van der Waals surface area contributed by atoms with Gasteiger partial charge in [0, 0.05) is 25.4 Å². The van der Waals surface area contributed by atoms with Crippen LogP contribution in [0.5, 0.6) is 0 Å². The largest absolute Gasteiger partial charge is 0.469 e. The van der Waals surface area contributed by atoms with Gasteiger partial charge in [0.2, 0.25) is 0 Å². The second-order valence-corrected chi connectivity index (χ2v) is 4.52. The standard InChI is InChI=1S/C13H17NO3/c1-3-10-7-14(5-4-12(10)15)13(16)11-6-9(2)17-8-11/h6,8,10H,3-5,7H2,1-2H3. The molecule has 2 heterocycles. The van der Waals surface area contributed by atoms with Crippen LogP contribution in [0.25, 0.3) is 0 Å². The summed E-state index contributed by atoms with van der Waals surface area (Å²) in [6.07, 6.45) is 2.75. The Labute approximate surface area is 101 Å². The van der Waals surface area contributed by atoms with Crippen molar-refractivity contribution in [1.82, 2.24) is 4.90 Å². The first-order valence-corrected chi connectivity index (χ1v) is 5.99. The first-order chi connectivity index (χ1) is 8.11. The molecule has 92 valence electrons. The van der Waals surface area contributed by atoms with Crippen molar-refractivity contribution in [3.63, 3.8) is 0 Å². The van der Waals surface area contributed by atoms with E-state index in [2.05, 4.69) is 0 Å². The molecule has 0 saturated carbocycles. The van der Waals surface area contributed by atoms with E-state index < -0.39 is 0 Å². The molecule has 1 aromatic heterocycles. The third-order valence-electron chi connectivity index (χ3n) is 3.28. The van der Waals surface area contributed by atoms with Crippen LogP contribution in [-0.2, 0) is 4.79 Å². The van der Waals surface area contributed by atoms with Gasteiger partial charge in [0.15, 0.2) is 0 Å². The Hall–Kier alpha value is -1.58. The lowest BCUT2D eigenvalue weighted by Crippen LogP contribution is -2.43. The minimum Gasteiger partial charge on any atom is -0.469 e. The van der Waals surface area contributed by atoms with Crippen LogP contribution in [0.4, 0.5) is 0 Å². The highest BCUT2D eigenvalue weighted by molar-refractivity contribution is 5.95. The molecular formula is C13H17NO3. The summed E-state index contributed by atoms with van der Waals surface area (Å²) >= 11 is 0. The highest BCUT2D eigenvalue weighted by Crippen LogP contribution is 2.19. The van der Waals surface area contributed by atoms with Gasteiger partial charge < -0.3 is 9.32 Å². The Balaban J connectivity index is 2.08. The highest BCUT2D eigenvalue weighted by Gasteiger charge is 2.29. The van der Waals surface area contributed by atoms with E-state index in [0.717, 1.165) is 12.2 Å². The third kappa shape index (κ3) is 2.40. The van der Waals surface area contributed by atoms with Crippen LogP contribution in [0.1, 0.15) is 35.9 Å². The van der Waals surface area contributed by atoms with E-state index in [9.17, 15) is 9.59 Å². The summed E-state index contributed by atoms with van der Waals surface area (Å²) in [6.45, 7) is 4.86. The number of rotatable bonds is 2. The quantitative estimate of drug-likeness (QED) is 0.788. The monoisotopic (exact) mass is 235 g/mol. The summed E-state index contributed by atoms with van der Waals surface area (Å²) in [7, 11) is 0.